The molecule has 0 saturated heterocycles. The highest BCUT2D eigenvalue weighted by Gasteiger charge is 2.23. The van der Waals surface area contributed by atoms with E-state index >= 15 is 0 Å². The highest BCUT2D eigenvalue weighted by Crippen LogP contribution is 2.46. The molecule has 0 aliphatic heterocycles. The van der Waals surface area contributed by atoms with Crippen LogP contribution in [0.3, 0.4) is 0 Å². The van der Waals surface area contributed by atoms with Crippen LogP contribution < -0.4 is 0 Å². The summed E-state index contributed by atoms with van der Waals surface area (Å²) in [7, 11) is 0. The molecule has 0 bridgehead atoms. The summed E-state index contributed by atoms with van der Waals surface area (Å²) in [6.45, 7) is 4.27. The van der Waals surface area contributed by atoms with E-state index in [0.717, 1.165) is 99.2 Å². The summed E-state index contributed by atoms with van der Waals surface area (Å²) in [6.07, 6.45) is 1.95. The lowest BCUT2D eigenvalue weighted by Crippen LogP contribution is -1.97. The maximum absolute atomic E-state index is 6.63. The lowest BCUT2D eigenvalue weighted by atomic mass is 9.88. The van der Waals surface area contributed by atoms with Crippen LogP contribution in [0.1, 0.15) is 11.1 Å². The standard InChI is InChI=1S/C48H30N2O2/c1-27-20-22-29-30-23-21-28(2)25-40(30)46-45(39(29)24-27)49-26-41(50-46)44-33(37-16-8-14-35-31-10-3-5-18-42(31)51-47(35)37)12-7-13-34(44)38-17-9-15-36-32-11-4-6-19-43(32)52-48(36)38/h3-26H,1-2H3. The van der Waals surface area contributed by atoms with Gasteiger partial charge in [0.05, 0.1) is 22.9 Å². The minimum Gasteiger partial charge on any atom is -0.455 e. The van der Waals surface area contributed by atoms with Gasteiger partial charge < -0.3 is 8.83 Å². The molecule has 4 nitrogen and oxygen atoms in total. The quantitative estimate of drug-likeness (QED) is 0.176. The molecule has 52 heavy (non-hydrogen) atoms. The Morgan fingerprint density at radius 2 is 0.885 bits per heavy atom. The molecule has 0 unspecified atom stereocenters. The van der Waals surface area contributed by atoms with Crippen LogP contribution in [-0.4, -0.2) is 9.97 Å². The summed E-state index contributed by atoms with van der Waals surface area (Å²) in [6, 6.07) is 49.0. The van der Waals surface area contributed by atoms with E-state index in [9.17, 15) is 0 Å². The first-order chi connectivity index (χ1) is 25.6. The number of aromatic nitrogens is 2. The zero-order chi connectivity index (χ0) is 34.5. The van der Waals surface area contributed by atoms with Gasteiger partial charge in [0.25, 0.3) is 0 Å². The van der Waals surface area contributed by atoms with Gasteiger partial charge >= 0.3 is 0 Å². The summed E-state index contributed by atoms with van der Waals surface area (Å²) in [5, 5.41) is 8.92. The van der Waals surface area contributed by atoms with E-state index < -0.39 is 0 Å². The van der Waals surface area contributed by atoms with Crippen LogP contribution >= 0.6 is 0 Å². The fourth-order valence-electron chi connectivity index (χ4n) is 8.27. The first kappa shape index (κ1) is 29.0. The Morgan fingerprint density at radius 1 is 0.404 bits per heavy atom. The Bertz CT molecular complexity index is 3140. The average molecular weight is 667 g/mol. The normalized spacial score (nSPS) is 12.0. The second-order valence-corrected chi connectivity index (χ2v) is 13.8. The van der Waals surface area contributed by atoms with Crippen LogP contribution in [0.5, 0.6) is 0 Å². The molecule has 4 heteroatoms. The van der Waals surface area contributed by atoms with Gasteiger partial charge in [-0.15, -0.1) is 0 Å². The van der Waals surface area contributed by atoms with Gasteiger partial charge in [0, 0.05) is 49.0 Å². The number of para-hydroxylation sites is 4. The van der Waals surface area contributed by atoms with E-state index in [1.165, 1.54) is 21.9 Å². The molecule has 0 fully saturated rings. The smallest absolute Gasteiger partial charge is 0.143 e. The van der Waals surface area contributed by atoms with Crippen LogP contribution in [0.15, 0.2) is 155 Å². The molecule has 244 valence electrons. The van der Waals surface area contributed by atoms with Gasteiger partial charge in [0.15, 0.2) is 0 Å². The van der Waals surface area contributed by atoms with E-state index in [2.05, 4.69) is 129 Å². The molecular formula is C48H30N2O2. The van der Waals surface area contributed by atoms with Gasteiger partial charge in [-0.05, 0) is 60.0 Å². The number of benzene rings is 8. The summed E-state index contributed by atoms with van der Waals surface area (Å²) in [4.78, 5) is 10.8. The lowest BCUT2D eigenvalue weighted by Gasteiger charge is -2.17. The molecule has 3 heterocycles. The monoisotopic (exact) mass is 666 g/mol. The van der Waals surface area contributed by atoms with Crippen molar-refractivity contribution in [2.24, 2.45) is 0 Å². The Labute approximate surface area is 298 Å². The predicted octanol–water partition coefficient (Wildman–Crippen LogP) is 13.4. The largest absolute Gasteiger partial charge is 0.455 e. The zero-order valence-corrected chi connectivity index (χ0v) is 28.6. The van der Waals surface area contributed by atoms with Crippen molar-refractivity contribution < 1.29 is 8.83 Å². The Hall–Kier alpha value is -6.78. The number of nitrogens with zero attached hydrogens (tertiary/aromatic N) is 2. The lowest BCUT2D eigenvalue weighted by molar-refractivity contribution is 0.670. The van der Waals surface area contributed by atoms with Crippen LogP contribution in [0.4, 0.5) is 0 Å². The number of hydrogen-bond donors (Lipinski definition) is 0. The Kier molecular flexibility index (Phi) is 6.06. The maximum atomic E-state index is 6.63. The van der Waals surface area contributed by atoms with Gasteiger partial charge in [-0.3, -0.25) is 4.98 Å². The summed E-state index contributed by atoms with van der Waals surface area (Å²) >= 11 is 0. The molecule has 0 aliphatic rings. The number of rotatable bonds is 3. The first-order valence-electron chi connectivity index (χ1n) is 17.6. The first-order valence-corrected chi connectivity index (χ1v) is 17.6. The number of fused-ring (bicyclic) bond motifs is 12. The minimum absolute atomic E-state index is 0.786. The van der Waals surface area contributed by atoms with Crippen molar-refractivity contribution in [3.8, 4) is 33.5 Å². The highest BCUT2D eigenvalue weighted by atomic mass is 16.3. The molecule has 11 rings (SSSR count). The molecule has 0 N–H and O–H groups in total. The summed E-state index contributed by atoms with van der Waals surface area (Å²) in [5.74, 6) is 0. The minimum atomic E-state index is 0.786. The van der Waals surface area contributed by atoms with Crippen molar-refractivity contribution in [2.75, 3.05) is 0 Å². The molecular weight excluding hydrogens is 637 g/mol. The predicted molar refractivity (Wildman–Crippen MR) is 215 cm³/mol. The Balaban J connectivity index is 1.28. The number of hydrogen-bond acceptors (Lipinski definition) is 4. The van der Waals surface area contributed by atoms with Gasteiger partial charge in [-0.25, -0.2) is 4.98 Å². The van der Waals surface area contributed by atoms with Gasteiger partial charge in [-0.2, -0.15) is 0 Å². The van der Waals surface area contributed by atoms with Crippen molar-refractivity contribution in [2.45, 2.75) is 13.8 Å². The SMILES string of the molecule is Cc1ccc2c3ccc(C)cc3c3nc(-c4c(-c5cccc6c5oc5ccccc56)cccc4-c4cccc5c4oc4ccccc45)cnc3c2c1. The molecule has 11 aromatic rings. The Morgan fingerprint density at radius 3 is 1.46 bits per heavy atom. The maximum Gasteiger partial charge on any atom is 0.143 e. The fraction of sp³-hybridized carbons (Fsp3) is 0.0417. The van der Waals surface area contributed by atoms with E-state index in [0.29, 0.717) is 0 Å². The van der Waals surface area contributed by atoms with Gasteiger partial charge in [-0.1, -0.05) is 126 Å². The third kappa shape index (κ3) is 4.15. The van der Waals surface area contributed by atoms with Crippen LogP contribution in [-0.2, 0) is 0 Å². The second-order valence-electron chi connectivity index (χ2n) is 13.8. The van der Waals surface area contributed by atoms with E-state index in [4.69, 9.17) is 18.8 Å². The number of aryl methyl sites for hydroxylation is 2. The van der Waals surface area contributed by atoms with Gasteiger partial charge in [0.2, 0.25) is 0 Å². The van der Waals surface area contributed by atoms with E-state index in [1.54, 1.807) is 0 Å². The topological polar surface area (TPSA) is 52.1 Å². The van der Waals surface area contributed by atoms with Crippen molar-refractivity contribution in [3.05, 3.63) is 157 Å². The number of furan rings is 2. The molecule has 0 saturated carbocycles. The zero-order valence-electron chi connectivity index (χ0n) is 28.6. The van der Waals surface area contributed by atoms with Crippen molar-refractivity contribution in [3.63, 3.8) is 0 Å². The molecule has 0 aliphatic carbocycles. The third-order valence-corrected chi connectivity index (χ3v) is 10.6. The average Bonchev–Trinajstić information content (AvgIpc) is 3.76. The van der Waals surface area contributed by atoms with Crippen LogP contribution in [0.25, 0.3) is 110 Å². The highest BCUT2D eigenvalue weighted by molar-refractivity contribution is 6.23. The molecule has 0 spiro atoms. The van der Waals surface area contributed by atoms with Crippen molar-refractivity contribution in [1.82, 2.24) is 9.97 Å². The van der Waals surface area contributed by atoms with Crippen molar-refractivity contribution >= 4 is 76.5 Å². The van der Waals surface area contributed by atoms with Crippen molar-refractivity contribution in [1.29, 1.82) is 0 Å². The second kappa shape index (κ2) is 10.9. The molecule has 8 aromatic carbocycles. The van der Waals surface area contributed by atoms with Gasteiger partial charge in [0.1, 0.15) is 22.3 Å². The fourth-order valence-corrected chi connectivity index (χ4v) is 8.27. The summed E-state index contributed by atoms with van der Waals surface area (Å²) < 4.78 is 13.3. The molecule has 3 aromatic heterocycles. The molecule has 0 atom stereocenters. The molecule has 0 amide bonds. The van der Waals surface area contributed by atoms with Crippen LogP contribution in [0.2, 0.25) is 0 Å². The molecule has 0 radical (unpaired) electrons. The van der Waals surface area contributed by atoms with E-state index in [1.807, 2.05) is 30.5 Å². The third-order valence-electron chi connectivity index (χ3n) is 10.6. The van der Waals surface area contributed by atoms with Crippen LogP contribution in [0, 0.1) is 13.8 Å². The van der Waals surface area contributed by atoms with E-state index in [-0.39, 0.29) is 0 Å². The summed E-state index contributed by atoms with van der Waals surface area (Å²) in [5.41, 5.74) is 13.4.